The molecule has 2 fully saturated rings. The zero-order chi connectivity index (χ0) is 17.1. The van der Waals surface area contributed by atoms with Gasteiger partial charge in [-0.3, -0.25) is 4.79 Å². The molecule has 0 bridgehead atoms. The normalized spacial score (nSPS) is 45.6. The molecule has 0 radical (unpaired) electrons. The van der Waals surface area contributed by atoms with Crippen LogP contribution in [0, 0.1) is 16.7 Å². The number of carbonyl (C=O) groups is 1. The van der Waals surface area contributed by atoms with Gasteiger partial charge >= 0.3 is 5.97 Å². The Morgan fingerprint density at radius 2 is 1.91 bits per heavy atom. The zero-order valence-electron chi connectivity index (χ0n) is 15.4. The fourth-order valence-corrected chi connectivity index (χ4v) is 6.18. The summed E-state index contributed by atoms with van der Waals surface area (Å²) in [7, 11) is 0. The molecule has 0 aromatic rings. The van der Waals surface area contributed by atoms with E-state index in [1.807, 2.05) is 6.92 Å². The summed E-state index contributed by atoms with van der Waals surface area (Å²) < 4.78 is 6.72. The summed E-state index contributed by atoms with van der Waals surface area (Å²) in [5, 5.41) is 9.28. The van der Waals surface area contributed by atoms with Gasteiger partial charge in [0.05, 0.1) is 17.6 Å². The molecule has 0 aromatic heterocycles. The molecule has 0 aromatic carbocycles. The maximum Gasteiger partial charge on any atom is 0.306 e. The highest BCUT2D eigenvalue weighted by atomic mass is 16.5. The molecular formula is C20H32O3. The summed E-state index contributed by atoms with van der Waals surface area (Å²) in [6, 6.07) is 0. The smallest absolute Gasteiger partial charge is 0.306 e. The van der Waals surface area contributed by atoms with Gasteiger partial charge in [-0.1, -0.05) is 33.3 Å². The van der Waals surface area contributed by atoms with Crippen LogP contribution in [0.1, 0.15) is 79.6 Å². The van der Waals surface area contributed by atoms with Crippen LogP contribution in [0.15, 0.2) is 11.6 Å². The van der Waals surface area contributed by atoms with Crippen molar-refractivity contribution in [3.05, 3.63) is 11.6 Å². The van der Waals surface area contributed by atoms with Crippen LogP contribution in [0.5, 0.6) is 0 Å². The van der Waals surface area contributed by atoms with Crippen molar-refractivity contribution >= 4 is 5.97 Å². The lowest BCUT2D eigenvalue weighted by Gasteiger charge is -2.61. The Balaban J connectivity index is 2.02. The first-order chi connectivity index (χ1) is 10.5. The van der Waals surface area contributed by atoms with Gasteiger partial charge in [-0.15, -0.1) is 0 Å². The lowest BCUT2D eigenvalue weighted by Crippen LogP contribution is -2.59. The van der Waals surface area contributed by atoms with E-state index in [0.717, 1.165) is 19.3 Å². The first-order valence-electron chi connectivity index (χ1n) is 9.14. The average Bonchev–Trinajstić information content (AvgIpc) is 2.74. The first-order valence-corrected chi connectivity index (χ1v) is 9.14. The number of allylic oxidation sites excluding steroid dienone is 1. The zero-order valence-corrected chi connectivity index (χ0v) is 15.4. The number of fused-ring (bicyclic) bond motifs is 2. The Hall–Kier alpha value is -0.830. The van der Waals surface area contributed by atoms with Crippen LogP contribution >= 0.6 is 0 Å². The fraction of sp³-hybridized carbons (Fsp3) is 0.850. The lowest BCUT2D eigenvalue weighted by molar-refractivity contribution is -0.193. The van der Waals surface area contributed by atoms with Crippen molar-refractivity contribution in [3.63, 3.8) is 0 Å². The highest BCUT2D eigenvalue weighted by Crippen LogP contribution is 2.66. The molecule has 0 amide bonds. The number of hydrogen-bond donors (Lipinski definition) is 1. The van der Waals surface area contributed by atoms with Crippen molar-refractivity contribution in [3.8, 4) is 0 Å². The monoisotopic (exact) mass is 320 g/mol. The summed E-state index contributed by atoms with van der Waals surface area (Å²) >= 11 is 0. The van der Waals surface area contributed by atoms with Crippen LogP contribution in [0.25, 0.3) is 0 Å². The quantitative estimate of drug-likeness (QED) is 0.732. The number of aliphatic carboxylic acids is 1. The van der Waals surface area contributed by atoms with Gasteiger partial charge in [0.15, 0.2) is 0 Å². The van der Waals surface area contributed by atoms with Crippen molar-refractivity contribution in [2.75, 3.05) is 0 Å². The van der Waals surface area contributed by atoms with E-state index in [2.05, 4.69) is 33.8 Å². The van der Waals surface area contributed by atoms with Gasteiger partial charge in [0, 0.05) is 5.41 Å². The molecule has 1 spiro atoms. The van der Waals surface area contributed by atoms with Gasteiger partial charge in [0.2, 0.25) is 0 Å². The minimum Gasteiger partial charge on any atom is -0.481 e. The van der Waals surface area contributed by atoms with E-state index >= 15 is 0 Å². The molecule has 4 atom stereocenters. The molecule has 1 aliphatic heterocycles. The van der Waals surface area contributed by atoms with Crippen LogP contribution in [0.2, 0.25) is 0 Å². The summed E-state index contributed by atoms with van der Waals surface area (Å²) in [4.78, 5) is 11.3. The van der Waals surface area contributed by atoms with Crippen molar-refractivity contribution in [2.45, 2.75) is 90.8 Å². The van der Waals surface area contributed by atoms with Gasteiger partial charge in [-0.2, -0.15) is 0 Å². The largest absolute Gasteiger partial charge is 0.481 e. The van der Waals surface area contributed by atoms with Gasteiger partial charge in [-0.25, -0.2) is 0 Å². The van der Waals surface area contributed by atoms with Crippen LogP contribution in [0.3, 0.4) is 0 Å². The maximum absolute atomic E-state index is 11.3. The second-order valence-electron chi connectivity index (χ2n) is 9.38. The highest BCUT2D eigenvalue weighted by Gasteiger charge is 2.64. The fourth-order valence-electron chi connectivity index (χ4n) is 6.18. The van der Waals surface area contributed by atoms with Crippen molar-refractivity contribution < 1.29 is 14.6 Å². The van der Waals surface area contributed by atoms with Gasteiger partial charge in [0.1, 0.15) is 0 Å². The first kappa shape index (κ1) is 17.0. The maximum atomic E-state index is 11.3. The number of rotatable bonds is 2. The third-order valence-electron chi connectivity index (χ3n) is 7.40. The average molecular weight is 320 g/mol. The topological polar surface area (TPSA) is 46.5 Å². The molecule has 1 heterocycles. The molecule has 2 aliphatic carbocycles. The Kier molecular flexibility index (Phi) is 3.76. The minimum absolute atomic E-state index is 0.103. The molecule has 23 heavy (non-hydrogen) atoms. The predicted molar refractivity (Wildman–Crippen MR) is 91.3 cm³/mol. The Labute approximate surface area is 140 Å². The van der Waals surface area contributed by atoms with Crippen molar-refractivity contribution in [1.29, 1.82) is 0 Å². The van der Waals surface area contributed by atoms with E-state index in [0.29, 0.717) is 11.3 Å². The highest BCUT2D eigenvalue weighted by molar-refractivity contribution is 5.68. The van der Waals surface area contributed by atoms with Crippen molar-refractivity contribution in [1.82, 2.24) is 0 Å². The Morgan fingerprint density at radius 3 is 2.57 bits per heavy atom. The van der Waals surface area contributed by atoms with Gasteiger partial charge < -0.3 is 9.84 Å². The van der Waals surface area contributed by atoms with E-state index in [1.165, 1.54) is 24.8 Å². The molecule has 1 N–H and O–H groups in total. The second-order valence-corrected chi connectivity index (χ2v) is 9.38. The summed E-state index contributed by atoms with van der Waals surface area (Å²) in [5.74, 6) is -0.146. The molecule has 130 valence electrons. The standard InChI is InChI=1S/C20H32O3/c1-14-7-8-15-17(2,3)9-6-10-19(15,5)20(14)12-11-18(4,23-20)13-16(21)22/h7,15H,6,8-13H2,1-5H3,(H,21,22)/t15-,18-,19-,20+/m0/s1. The Bertz CT molecular complexity index is 549. The molecule has 3 rings (SSSR count). The summed E-state index contributed by atoms with van der Waals surface area (Å²) in [5.41, 5.74) is 0.976. The second kappa shape index (κ2) is 5.08. The number of hydrogen-bond acceptors (Lipinski definition) is 2. The molecular weight excluding hydrogens is 288 g/mol. The molecule has 0 unspecified atom stereocenters. The lowest BCUT2D eigenvalue weighted by atomic mass is 9.46. The SMILES string of the molecule is CC1=CC[C@H]2C(C)(C)CCC[C@]2(C)[C@@]12CC[C@@](C)(CC(=O)O)O2. The van der Waals surface area contributed by atoms with Crippen LogP contribution in [-0.2, 0) is 9.53 Å². The molecule has 3 aliphatic rings. The predicted octanol–water partition coefficient (Wildman–Crippen LogP) is 4.95. The number of ether oxygens (including phenoxy) is 1. The minimum atomic E-state index is -0.757. The summed E-state index contributed by atoms with van der Waals surface area (Å²) in [6.07, 6.45) is 9.13. The van der Waals surface area contributed by atoms with Crippen LogP contribution < -0.4 is 0 Å². The molecule has 1 saturated heterocycles. The van der Waals surface area contributed by atoms with Crippen LogP contribution in [-0.4, -0.2) is 22.3 Å². The molecule has 1 saturated carbocycles. The van der Waals surface area contributed by atoms with Crippen LogP contribution in [0.4, 0.5) is 0 Å². The third kappa shape index (κ3) is 2.38. The molecule has 3 nitrogen and oxygen atoms in total. The van der Waals surface area contributed by atoms with E-state index < -0.39 is 11.6 Å². The van der Waals surface area contributed by atoms with Gasteiger partial charge in [0.25, 0.3) is 0 Å². The molecule has 3 heteroatoms. The summed E-state index contributed by atoms with van der Waals surface area (Å²) in [6.45, 7) is 11.4. The van der Waals surface area contributed by atoms with E-state index in [-0.39, 0.29) is 17.4 Å². The third-order valence-corrected chi connectivity index (χ3v) is 7.40. The van der Waals surface area contributed by atoms with Crippen molar-refractivity contribution in [2.24, 2.45) is 16.7 Å². The van der Waals surface area contributed by atoms with E-state index in [9.17, 15) is 9.90 Å². The van der Waals surface area contributed by atoms with E-state index in [1.54, 1.807) is 0 Å². The van der Waals surface area contributed by atoms with E-state index in [4.69, 9.17) is 4.74 Å². The Morgan fingerprint density at radius 1 is 1.22 bits per heavy atom. The number of carboxylic acids is 1. The number of carboxylic acid groups (broad SMARTS) is 1. The van der Waals surface area contributed by atoms with Gasteiger partial charge in [-0.05, 0) is 62.9 Å².